The fraction of sp³-hybridized carbons (Fsp3) is 0.533. The van der Waals surface area contributed by atoms with E-state index in [0.29, 0.717) is 6.04 Å². The highest BCUT2D eigenvalue weighted by molar-refractivity contribution is 5.94. The van der Waals surface area contributed by atoms with Crippen molar-refractivity contribution in [3.8, 4) is 0 Å². The number of hydrogen-bond donors (Lipinski definition) is 1. The summed E-state index contributed by atoms with van der Waals surface area (Å²) in [6.07, 6.45) is 3.30. The molecule has 0 bridgehead atoms. The molecule has 1 unspecified atom stereocenters. The summed E-state index contributed by atoms with van der Waals surface area (Å²) in [5.74, 6) is 0.144. The Morgan fingerprint density at radius 3 is 2.84 bits per heavy atom. The van der Waals surface area contributed by atoms with E-state index < -0.39 is 0 Å². The van der Waals surface area contributed by atoms with Crippen LogP contribution in [0.3, 0.4) is 0 Å². The molecule has 1 amide bonds. The lowest BCUT2D eigenvalue weighted by molar-refractivity contribution is 0.0720. The van der Waals surface area contributed by atoms with Crippen molar-refractivity contribution in [3.05, 3.63) is 35.4 Å². The predicted octanol–water partition coefficient (Wildman–Crippen LogP) is 2.63. The second-order valence-corrected chi connectivity index (χ2v) is 5.12. The van der Waals surface area contributed by atoms with Crippen molar-refractivity contribution in [2.24, 2.45) is 0 Å². The zero-order valence-corrected chi connectivity index (χ0v) is 12.5. The molecular formula is C15H23ClN2O. The number of rotatable bonds is 2. The lowest BCUT2D eigenvalue weighted by atomic mass is 10.1. The minimum atomic E-state index is 0. The number of halogens is 1. The summed E-state index contributed by atoms with van der Waals surface area (Å²) < 4.78 is 0. The number of nitrogens with zero attached hydrogens (tertiary/aromatic N) is 1. The molecule has 4 heteroatoms. The molecule has 1 aromatic carbocycles. The lowest BCUT2D eigenvalue weighted by Crippen LogP contribution is -2.37. The summed E-state index contributed by atoms with van der Waals surface area (Å²) >= 11 is 0. The summed E-state index contributed by atoms with van der Waals surface area (Å²) in [5.41, 5.74) is 1.94. The first-order valence-electron chi connectivity index (χ1n) is 6.73. The lowest BCUT2D eigenvalue weighted by Gasteiger charge is -2.27. The van der Waals surface area contributed by atoms with E-state index in [2.05, 4.69) is 5.32 Å². The van der Waals surface area contributed by atoms with Crippen molar-refractivity contribution in [2.45, 2.75) is 32.2 Å². The zero-order chi connectivity index (χ0) is 13.0. The fourth-order valence-electron chi connectivity index (χ4n) is 2.54. The van der Waals surface area contributed by atoms with Crippen LogP contribution in [-0.4, -0.2) is 37.0 Å². The third kappa shape index (κ3) is 4.22. The molecule has 1 fully saturated rings. The molecule has 1 atom stereocenters. The van der Waals surface area contributed by atoms with Crippen LogP contribution in [0.15, 0.2) is 24.3 Å². The van der Waals surface area contributed by atoms with Crippen LogP contribution < -0.4 is 5.32 Å². The molecule has 2 rings (SSSR count). The maximum atomic E-state index is 12.4. The number of hydrogen-bond acceptors (Lipinski definition) is 2. The molecule has 1 aliphatic rings. The Balaban J connectivity index is 0.00000180. The Morgan fingerprint density at radius 2 is 2.11 bits per heavy atom. The Hall–Kier alpha value is -1.06. The summed E-state index contributed by atoms with van der Waals surface area (Å²) in [6, 6.07) is 8.21. The molecule has 1 N–H and O–H groups in total. The van der Waals surface area contributed by atoms with Crippen molar-refractivity contribution in [2.75, 3.05) is 20.1 Å². The SMILES string of the molecule is Cc1cccc(C(=O)N(C)C2CCCNCC2)c1.Cl. The van der Waals surface area contributed by atoms with Crippen LogP contribution in [0, 0.1) is 6.92 Å². The summed E-state index contributed by atoms with van der Waals surface area (Å²) in [4.78, 5) is 14.3. The molecule has 0 radical (unpaired) electrons. The summed E-state index contributed by atoms with van der Waals surface area (Å²) in [7, 11) is 1.93. The number of amides is 1. The number of benzene rings is 1. The average molecular weight is 283 g/mol. The van der Waals surface area contributed by atoms with Gasteiger partial charge in [-0.05, 0) is 51.4 Å². The Bertz CT molecular complexity index is 414. The van der Waals surface area contributed by atoms with E-state index in [0.717, 1.165) is 43.5 Å². The molecule has 1 aliphatic heterocycles. The van der Waals surface area contributed by atoms with E-state index in [9.17, 15) is 4.79 Å². The number of aryl methyl sites for hydroxylation is 1. The van der Waals surface area contributed by atoms with Gasteiger partial charge in [-0.2, -0.15) is 0 Å². The van der Waals surface area contributed by atoms with Crippen molar-refractivity contribution in [3.63, 3.8) is 0 Å². The van der Waals surface area contributed by atoms with Gasteiger partial charge in [0, 0.05) is 18.7 Å². The summed E-state index contributed by atoms with van der Waals surface area (Å²) in [6.45, 7) is 4.10. The molecule has 1 heterocycles. The van der Waals surface area contributed by atoms with Crippen LogP contribution in [0.2, 0.25) is 0 Å². The highest BCUT2D eigenvalue weighted by Gasteiger charge is 2.21. The molecule has 19 heavy (non-hydrogen) atoms. The Kier molecular flexibility index (Phi) is 6.32. The Labute approximate surface area is 121 Å². The standard InChI is InChI=1S/C15H22N2O.ClH/c1-12-5-3-6-13(11-12)15(18)17(2)14-7-4-9-16-10-8-14;/h3,5-6,11,14,16H,4,7-10H2,1-2H3;1H. The second kappa shape index (κ2) is 7.51. The van der Waals surface area contributed by atoms with Crippen LogP contribution in [0.5, 0.6) is 0 Å². The molecular weight excluding hydrogens is 260 g/mol. The third-order valence-electron chi connectivity index (χ3n) is 3.68. The van der Waals surface area contributed by atoms with Crippen molar-refractivity contribution >= 4 is 18.3 Å². The minimum absolute atomic E-state index is 0. The first-order chi connectivity index (χ1) is 8.68. The van der Waals surface area contributed by atoms with Gasteiger partial charge in [0.15, 0.2) is 0 Å². The van der Waals surface area contributed by atoms with Crippen molar-refractivity contribution in [1.29, 1.82) is 0 Å². The van der Waals surface area contributed by atoms with Gasteiger partial charge in [-0.15, -0.1) is 12.4 Å². The first kappa shape index (κ1) is 16.0. The number of carbonyl (C=O) groups is 1. The Morgan fingerprint density at radius 1 is 1.32 bits per heavy atom. The van der Waals surface area contributed by atoms with Gasteiger partial charge in [0.1, 0.15) is 0 Å². The molecule has 1 saturated heterocycles. The van der Waals surface area contributed by atoms with Crippen molar-refractivity contribution < 1.29 is 4.79 Å². The van der Waals surface area contributed by atoms with Gasteiger partial charge in [-0.25, -0.2) is 0 Å². The topological polar surface area (TPSA) is 32.3 Å². The number of nitrogens with one attached hydrogen (secondary N) is 1. The maximum Gasteiger partial charge on any atom is 0.253 e. The predicted molar refractivity (Wildman–Crippen MR) is 81.0 cm³/mol. The molecule has 0 aliphatic carbocycles. The van der Waals surface area contributed by atoms with E-state index in [1.807, 2.05) is 43.1 Å². The third-order valence-corrected chi connectivity index (χ3v) is 3.68. The van der Waals surface area contributed by atoms with E-state index in [-0.39, 0.29) is 18.3 Å². The van der Waals surface area contributed by atoms with Crippen LogP contribution in [0.4, 0.5) is 0 Å². The van der Waals surface area contributed by atoms with Gasteiger partial charge < -0.3 is 10.2 Å². The highest BCUT2D eigenvalue weighted by Crippen LogP contribution is 2.15. The van der Waals surface area contributed by atoms with E-state index in [1.165, 1.54) is 0 Å². The molecule has 0 saturated carbocycles. The van der Waals surface area contributed by atoms with Gasteiger partial charge in [0.2, 0.25) is 0 Å². The monoisotopic (exact) mass is 282 g/mol. The zero-order valence-electron chi connectivity index (χ0n) is 11.7. The smallest absolute Gasteiger partial charge is 0.253 e. The van der Waals surface area contributed by atoms with Crippen molar-refractivity contribution in [1.82, 2.24) is 10.2 Å². The number of carbonyl (C=O) groups excluding carboxylic acids is 1. The van der Waals surface area contributed by atoms with Crippen LogP contribution in [0.25, 0.3) is 0 Å². The minimum Gasteiger partial charge on any atom is -0.339 e. The van der Waals surface area contributed by atoms with E-state index in [1.54, 1.807) is 0 Å². The van der Waals surface area contributed by atoms with Crippen LogP contribution in [-0.2, 0) is 0 Å². The summed E-state index contributed by atoms with van der Waals surface area (Å²) in [5, 5.41) is 3.38. The molecule has 1 aromatic rings. The highest BCUT2D eigenvalue weighted by atomic mass is 35.5. The van der Waals surface area contributed by atoms with Gasteiger partial charge in [-0.3, -0.25) is 4.79 Å². The van der Waals surface area contributed by atoms with Gasteiger partial charge >= 0.3 is 0 Å². The fourth-order valence-corrected chi connectivity index (χ4v) is 2.54. The largest absolute Gasteiger partial charge is 0.339 e. The van der Waals surface area contributed by atoms with Gasteiger partial charge in [-0.1, -0.05) is 17.7 Å². The maximum absolute atomic E-state index is 12.4. The van der Waals surface area contributed by atoms with E-state index in [4.69, 9.17) is 0 Å². The quantitative estimate of drug-likeness (QED) is 0.904. The van der Waals surface area contributed by atoms with Crippen LogP contribution in [0.1, 0.15) is 35.2 Å². The van der Waals surface area contributed by atoms with E-state index >= 15 is 0 Å². The molecule has 0 aromatic heterocycles. The molecule has 3 nitrogen and oxygen atoms in total. The van der Waals surface area contributed by atoms with Crippen LogP contribution >= 0.6 is 12.4 Å². The molecule has 106 valence electrons. The average Bonchev–Trinajstić information content (AvgIpc) is 2.66. The molecule has 0 spiro atoms. The van der Waals surface area contributed by atoms with Gasteiger partial charge in [0.05, 0.1) is 0 Å². The first-order valence-corrected chi connectivity index (χ1v) is 6.73. The van der Waals surface area contributed by atoms with Gasteiger partial charge in [0.25, 0.3) is 5.91 Å². The second-order valence-electron chi connectivity index (χ2n) is 5.12. The normalized spacial score (nSPS) is 19.2.